The number of nitrogens with one attached hydrogen (secondary N) is 1. The van der Waals surface area contributed by atoms with Crippen LogP contribution >= 0.6 is 0 Å². The molecule has 6 heteroatoms. The second-order valence-corrected chi connectivity index (χ2v) is 4.66. The van der Waals surface area contributed by atoms with Crippen LogP contribution in [0.25, 0.3) is 0 Å². The topological polar surface area (TPSA) is 73.2 Å². The average molecular weight is 265 g/mol. The van der Waals surface area contributed by atoms with E-state index >= 15 is 0 Å². The summed E-state index contributed by atoms with van der Waals surface area (Å²) in [5, 5.41) is 6.97. The minimum Gasteiger partial charge on any atom is -0.383 e. The van der Waals surface area contributed by atoms with Crippen molar-refractivity contribution < 1.29 is 9.53 Å². The summed E-state index contributed by atoms with van der Waals surface area (Å²) in [6.07, 6.45) is 4.01. The number of nitrogens with zero attached hydrogens (tertiary/aromatic N) is 2. The summed E-state index contributed by atoms with van der Waals surface area (Å²) >= 11 is 0. The Morgan fingerprint density at radius 2 is 2.26 bits per heavy atom. The normalized spacial score (nSPS) is 13.9. The lowest BCUT2D eigenvalue weighted by atomic mass is 9.97. The van der Waals surface area contributed by atoms with E-state index in [1.165, 1.54) is 4.68 Å². The smallest absolute Gasteiger partial charge is 0.267 e. The Balaban J connectivity index is 2.04. The molecule has 0 bridgehead atoms. The Morgan fingerprint density at radius 3 is 3.05 bits per heavy atom. The quantitative estimate of drug-likeness (QED) is 0.754. The third kappa shape index (κ3) is 3.64. The van der Waals surface area contributed by atoms with Crippen molar-refractivity contribution in [1.82, 2.24) is 15.1 Å². The highest BCUT2D eigenvalue weighted by Crippen LogP contribution is 2.16. The van der Waals surface area contributed by atoms with Gasteiger partial charge in [-0.05, 0) is 31.2 Å². The maximum Gasteiger partial charge on any atom is 0.267 e. The van der Waals surface area contributed by atoms with Crippen LogP contribution in [0, 0.1) is 0 Å². The van der Waals surface area contributed by atoms with Crippen LogP contribution in [0.2, 0.25) is 0 Å². The lowest BCUT2D eigenvalue weighted by Gasteiger charge is -2.15. The van der Waals surface area contributed by atoms with Crippen molar-refractivity contribution in [3.63, 3.8) is 0 Å². The zero-order valence-corrected chi connectivity index (χ0v) is 11.1. The predicted molar refractivity (Wildman–Crippen MR) is 70.0 cm³/mol. The molecule has 104 valence electrons. The third-order valence-corrected chi connectivity index (χ3v) is 3.20. The van der Waals surface area contributed by atoms with Crippen LogP contribution < -0.4 is 10.9 Å². The number of aromatic nitrogens is 2. The van der Waals surface area contributed by atoms with Gasteiger partial charge in [0.15, 0.2) is 0 Å². The summed E-state index contributed by atoms with van der Waals surface area (Å²) in [7, 11) is 1.57. The molecule has 0 unspecified atom stereocenters. The Kier molecular flexibility index (Phi) is 4.68. The van der Waals surface area contributed by atoms with E-state index in [1.54, 1.807) is 13.2 Å². The molecule has 1 aliphatic rings. The van der Waals surface area contributed by atoms with E-state index in [-0.39, 0.29) is 18.0 Å². The second-order valence-electron chi connectivity index (χ2n) is 4.66. The molecule has 1 aromatic heterocycles. The Hall–Kier alpha value is -1.69. The molecular weight excluding hydrogens is 246 g/mol. The van der Waals surface area contributed by atoms with Crippen molar-refractivity contribution in [3.05, 3.63) is 27.7 Å². The van der Waals surface area contributed by atoms with Gasteiger partial charge in [0.1, 0.15) is 6.54 Å². The summed E-state index contributed by atoms with van der Waals surface area (Å²) in [6.45, 7) is 0.864. The van der Waals surface area contributed by atoms with Crippen LogP contribution in [-0.2, 0) is 28.9 Å². The number of methoxy groups -OCH3 is 1. The van der Waals surface area contributed by atoms with Gasteiger partial charge < -0.3 is 10.1 Å². The van der Waals surface area contributed by atoms with Crippen LogP contribution in [0.1, 0.15) is 24.1 Å². The van der Waals surface area contributed by atoms with Gasteiger partial charge in [0, 0.05) is 19.7 Å². The average Bonchev–Trinajstić information content (AvgIpc) is 2.40. The molecule has 2 rings (SSSR count). The Labute approximate surface area is 111 Å². The summed E-state index contributed by atoms with van der Waals surface area (Å²) in [6, 6.07) is 1.62. The van der Waals surface area contributed by atoms with Crippen LogP contribution in [-0.4, -0.2) is 35.9 Å². The lowest BCUT2D eigenvalue weighted by Crippen LogP contribution is -2.36. The number of amides is 1. The number of hydrogen-bond acceptors (Lipinski definition) is 4. The summed E-state index contributed by atoms with van der Waals surface area (Å²) < 4.78 is 6.08. The molecule has 1 aromatic rings. The van der Waals surface area contributed by atoms with Crippen molar-refractivity contribution in [1.29, 1.82) is 0 Å². The highest BCUT2D eigenvalue weighted by Gasteiger charge is 2.14. The van der Waals surface area contributed by atoms with Gasteiger partial charge in [0.05, 0.1) is 12.3 Å². The number of aryl methyl sites for hydroxylation is 2. The molecule has 19 heavy (non-hydrogen) atoms. The van der Waals surface area contributed by atoms with Crippen LogP contribution in [0.3, 0.4) is 0 Å². The van der Waals surface area contributed by atoms with Gasteiger partial charge in [-0.15, -0.1) is 0 Å². The van der Waals surface area contributed by atoms with Crippen molar-refractivity contribution in [3.8, 4) is 0 Å². The van der Waals surface area contributed by atoms with E-state index in [1.807, 2.05) is 0 Å². The fraction of sp³-hybridized carbons (Fsp3) is 0.615. The monoisotopic (exact) mass is 265 g/mol. The molecule has 1 aliphatic carbocycles. The maximum atomic E-state index is 11.9. The summed E-state index contributed by atoms with van der Waals surface area (Å²) in [4.78, 5) is 23.5. The molecule has 0 saturated heterocycles. The van der Waals surface area contributed by atoms with E-state index in [4.69, 9.17) is 4.74 Å². The number of carbonyl (C=O) groups is 1. The van der Waals surface area contributed by atoms with Crippen molar-refractivity contribution in [2.75, 3.05) is 20.3 Å². The molecule has 1 heterocycles. The van der Waals surface area contributed by atoms with Gasteiger partial charge >= 0.3 is 0 Å². The molecular formula is C13H19N3O3. The molecule has 0 spiro atoms. The van der Waals surface area contributed by atoms with E-state index < -0.39 is 0 Å². The first kappa shape index (κ1) is 13.7. The fourth-order valence-electron chi connectivity index (χ4n) is 2.20. The SMILES string of the molecule is COCCNC(=O)Cn1nc2c(cc1=O)CCCC2. The zero-order valence-electron chi connectivity index (χ0n) is 11.1. The molecule has 0 atom stereocenters. The van der Waals surface area contributed by atoms with E-state index in [9.17, 15) is 9.59 Å². The molecule has 0 aliphatic heterocycles. The van der Waals surface area contributed by atoms with Crippen LogP contribution in [0.15, 0.2) is 10.9 Å². The lowest BCUT2D eigenvalue weighted by molar-refractivity contribution is -0.122. The predicted octanol–water partition coefficient (Wildman–Crippen LogP) is -0.115. The van der Waals surface area contributed by atoms with E-state index in [0.29, 0.717) is 13.2 Å². The first-order chi connectivity index (χ1) is 9.20. The van der Waals surface area contributed by atoms with Gasteiger partial charge in [-0.25, -0.2) is 4.68 Å². The molecule has 0 fully saturated rings. The highest BCUT2D eigenvalue weighted by atomic mass is 16.5. The number of ether oxygens (including phenoxy) is 1. The minimum absolute atomic E-state index is 0.0319. The van der Waals surface area contributed by atoms with Crippen LogP contribution in [0.4, 0.5) is 0 Å². The molecule has 0 radical (unpaired) electrons. The van der Waals surface area contributed by atoms with E-state index in [2.05, 4.69) is 10.4 Å². The maximum absolute atomic E-state index is 11.9. The van der Waals surface area contributed by atoms with Crippen molar-refractivity contribution in [2.24, 2.45) is 0 Å². The molecule has 1 amide bonds. The highest BCUT2D eigenvalue weighted by molar-refractivity contribution is 5.75. The van der Waals surface area contributed by atoms with Gasteiger partial charge in [-0.3, -0.25) is 9.59 Å². The van der Waals surface area contributed by atoms with Gasteiger partial charge in [0.25, 0.3) is 5.56 Å². The summed E-state index contributed by atoms with van der Waals surface area (Å²) in [5.74, 6) is -0.220. The first-order valence-electron chi connectivity index (χ1n) is 6.56. The second kappa shape index (κ2) is 6.47. The summed E-state index contributed by atoms with van der Waals surface area (Å²) in [5.41, 5.74) is 1.78. The molecule has 0 saturated carbocycles. The number of rotatable bonds is 5. The zero-order chi connectivity index (χ0) is 13.7. The molecule has 6 nitrogen and oxygen atoms in total. The Bertz CT molecular complexity index is 510. The first-order valence-corrected chi connectivity index (χ1v) is 6.56. The fourth-order valence-corrected chi connectivity index (χ4v) is 2.20. The van der Waals surface area contributed by atoms with E-state index in [0.717, 1.165) is 36.9 Å². The van der Waals surface area contributed by atoms with Crippen molar-refractivity contribution >= 4 is 5.91 Å². The number of hydrogen-bond donors (Lipinski definition) is 1. The Morgan fingerprint density at radius 1 is 1.47 bits per heavy atom. The van der Waals surface area contributed by atoms with Crippen LogP contribution in [0.5, 0.6) is 0 Å². The van der Waals surface area contributed by atoms with Crippen molar-refractivity contribution in [2.45, 2.75) is 32.2 Å². The van der Waals surface area contributed by atoms with Gasteiger partial charge in [0.2, 0.25) is 5.91 Å². The third-order valence-electron chi connectivity index (χ3n) is 3.20. The molecule has 1 N–H and O–H groups in total. The van der Waals surface area contributed by atoms with Gasteiger partial charge in [-0.2, -0.15) is 5.10 Å². The largest absolute Gasteiger partial charge is 0.383 e. The standard InChI is InChI=1S/C13H19N3O3/c1-19-7-6-14-12(17)9-16-13(18)8-10-4-2-3-5-11(10)15-16/h8H,2-7,9H2,1H3,(H,14,17). The number of carbonyl (C=O) groups excluding carboxylic acids is 1. The van der Waals surface area contributed by atoms with Gasteiger partial charge in [-0.1, -0.05) is 0 Å². The number of fused-ring (bicyclic) bond motifs is 1. The molecule has 0 aromatic carbocycles. The minimum atomic E-state index is -0.220.